The Morgan fingerprint density at radius 1 is 1.85 bits per heavy atom. The summed E-state index contributed by atoms with van der Waals surface area (Å²) in [5.74, 6) is 0.0458. The molecule has 1 rings (SSSR count). The van der Waals surface area contributed by atoms with Crippen molar-refractivity contribution < 1.29 is 19.2 Å². The van der Waals surface area contributed by atoms with Crippen LogP contribution < -0.4 is 0 Å². The third kappa shape index (κ3) is 2.29. The summed E-state index contributed by atoms with van der Waals surface area (Å²) < 4.78 is 9.15. The van der Waals surface area contributed by atoms with Crippen molar-refractivity contribution in [2.75, 3.05) is 7.11 Å². The van der Waals surface area contributed by atoms with Gasteiger partial charge in [0.25, 0.3) is 0 Å². The van der Waals surface area contributed by atoms with E-state index in [1.54, 1.807) is 6.92 Å². The molecule has 0 aliphatic heterocycles. The van der Waals surface area contributed by atoms with Gasteiger partial charge in [0.2, 0.25) is 0 Å². The molecule has 0 aliphatic rings. The van der Waals surface area contributed by atoms with Gasteiger partial charge in [-0.2, -0.15) is 0 Å². The lowest BCUT2D eigenvalue weighted by atomic mass is 10.1. The van der Waals surface area contributed by atoms with Gasteiger partial charge in [0.05, 0.1) is 25.8 Å². The van der Waals surface area contributed by atoms with Crippen molar-refractivity contribution in [3.05, 3.63) is 17.5 Å². The van der Waals surface area contributed by atoms with Gasteiger partial charge in [0.1, 0.15) is 5.76 Å². The number of rotatable bonds is 3. The second-order valence-electron chi connectivity index (χ2n) is 2.63. The molecule has 0 amide bonds. The van der Waals surface area contributed by atoms with Gasteiger partial charge >= 0.3 is 5.97 Å². The molecule has 1 aromatic heterocycles. The lowest BCUT2D eigenvalue weighted by molar-refractivity contribution is -0.142. The number of methoxy groups -OCH3 is 1. The van der Waals surface area contributed by atoms with Crippen molar-refractivity contribution in [2.45, 2.75) is 19.4 Å². The number of aliphatic hydroxyl groups excluding tert-OH is 1. The molecule has 0 bridgehead atoms. The van der Waals surface area contributed by atoms with Gasteiger partial charge in [-0.1, -0.05) is 5.16 Å². The van der Waals surface area contributed by atoms with Crippen LogP contribution in [0.15, 0.2) is 10.7 Å². The third-order valence-electron chi connectivity index (χ3n) is 1.73. The monoisotopic (exact) mass is 185 g/mol. The van der Waals surface area contributed by atoms with Gasteiger partial charge in [0, 0.05) is 5.56 Å². The number of aliphatic hydroxyl groups is 1. The Labute approximate surface area is 75.3 Å². The first kappa shape index (κ1) is 9.73. The van der Waals surface area contributed by atoms with E-state index in [9.17, 15) is 9.90 Å². The molecular weight excluding hydrogens is 174 g/mol. The summed E-state index contributed by atoms with van der Waals surface area (Å²) in [7, 11) is 1.27. The molecule has 0 unspecified atom stereocenters. The van der Waals surface area contributed by atoms with Gasteiger partial charge in [-0.15, -0.1) is 0 Å². The summed E-state index contributed by atoms with van der Waals surface area (Å²) in [6.45, 7) is 1.67. The molecular formula is C8H11NO4. The predicted molar refractivity (Wildman–Crippen MR) is 42.8 cm³/mol. The molecule has 0 spiro atoms. The van der Waals surface area contributed by atoms with Gasteiger partial charge < -0.3 is 14.4 Å². The standard InChI is InChI=1S/C8H11NO4/c1-5-6(4-9-13-5)7(10)3-8(11)12-2/h4,7,10H,3H2,1-2H3/t7-/m1/s1. The Bertz CT molecular complexity index is 294. The van der Waals surface area contributed by atoms with Gasteiger partial charge in [-0.3, -0.25) is 4.79 Å². The van der Waals surface area contributed by atoms with Gasteiger partial charge in [0.15, 0.2) is 0 Å². The van der Waals surface area contributed by atoms with Crippen LogP contribution in [0.25, 0.3) is 0 Å². The fourth-order valence-corrected chi connectivity index (χ4v) is 0.978. The van der Waals surface area contributed by atoms with Crippen molar-refractivity contribution in [1.82, 2.24) is 5.16 Å². The SMILES string of the molecule is COC(=O)C[C@@H](O)c1cnoc1C. The summed E-state index contributed by atoms with van der Waals surface area (Å²) in [6, 6.07) is 0. The number of ether oxygens (including phenoxy) is 1. The number of nitrogens with zero attached hydrogens (tertiary/aromatic N) is 1. The molecule has 1 heterocycles. The Morgan fingerprint density at radius 2 is 2.54 bits per heavy atom. The Hall–Kier alpha value is -1.36. The highest BCUT2D eigenvalue weighted by Crippen LogP contribution is 2.19. The van der Waals surface area contributed by atoms with E-state index in [1.165, 1.54) is 13.3 Å². The predicted octanol–water partition coefficient (Wildman–Crippen LogP) is 0.580. The van der Waals surface area contributed by atoms with Crippen LogP contribution in [0.3, 0.4) is 0 Å². The smallest absolute Gasteiger partial charge is 0.308 e. The maximum atomic E-state index is 10.8. The van der Waals surface area contributed by atoms with Crippen molar-refractivity contribution in [3.63, 3.8) is 0 Å². The highest BCUT2D eigenvalue weighted by Gasteiger charge is 2.17. The highest BCUT2D eigenvalue weighted by molar-refractivity contribution is 5.70. The average molecular weight is 185 g/mol. The lowest BCUT2D eigenvalue weighted by Gasteiger charge is -2.06. The summed E-state index contributed by atoms with van der Waals surface area (Å²) in [4.78, 5) is 10.8. The van der Waals surface area contributed by atoms with Crippen LogP contribution in [0.4, 0.5) is 0 Å². The molecule has 1 atom stereocenters. The Kier molecular flexibility index (Phi) is 3.02. The number of hydrogen-bond donors (Lipinski definition) is 1. The van der Waals surface area contributed by atoms with Crippen molar-refractivity contribution >= 4 is 5.97 Å². The van der Waals surface area contributed by atoms with E-state index in [0.717, 1.165) is 0 Å². The second-order valence-corrected chi connectivity index (χ2v) is 2.63. The molecule has 0 fully saturated rings. The molecule has 5 heteroatoms. The number of esters is 1. The third-order valence-corrected chi connectivity index (χ3v) is 1.73. The molecule has 72 valence electrons. The summed E-state index contributed by atoms with van der Waals surface area (Å²) >= 11 is 0. The molecule has 5 nitrogen and oxygen atoms in total. The van der Waals surface area contributed by atoms with E-state index in [-0.39, 0.29) is 6.42 Å². The summed E-state index contributed by atoms with van der Waals surface area (Å²) in [5.41, 5.74) is 0.519. The molecule has 1 N–H and O–H groups in total. The van der Waals surface area contributed by atoms with Crippen LogP contribution >= 0.6 is 0 Å². The zero-order valence-electron chi connectivity index (χ0n) is 7.48. The van der Waals surface area contributed by atoms with Crippen molar-refractivity contribution in [3.8, 4) is 0 Å². The first-order valence-corrected chi connectivity index (χ1v) is 3.81. The number of carbonyl (C=O) groups excluding carboxylic acids is 1. The van der Waals surface area contributed by atoms with Crippen LogP contribution in [0.1, 0.15) is 23.8 Å². The fraction of sp³-hybridized carbons (Fsp3) is 0.500. The van der Waals surface area contributed by atoms with E-state index in [0.29, 0.717) is 11.3 Å². The minimum absolute atomic E-state index is 0.0848. The minimum Gasteiger partial charge on any atom is -0.469 e. The van der Waals surface area contributed by atoms with Gasteiger partial charge in [-0.05, 0) is 6.92 Å². The van der Waals surface area contributed by atoms with Crippen LogP contribution in [0.5, 0.6) is 0 Å². The molecule has 13 heavy (non-hydrogen) atoms. The van der Waals surface area contributed by atoms with E-state index in [2.05, 4.69) is 9.89 Å². The van der Waals surface area contributed by atoms with Crippen LogP contribution in [-0.2, 0) is 9.53 Å². The van der Waals surface area contributed by atoms with E-state index >= 15 is 0 Å². The Morgan fingerprint density at radius 3 is 3.00 bits per heavy atom. The normalized spacial score (nSPS) is 12.5. The Balaban J connectivity index is 2.63. The van der Waals surface area contributed by atoms with Crippen molar-refractivity contribution in [1.29, 1.82) is 0 Å². The quantitative estimate of drug-likeness (QED) is 0.697. The zero-order valence-corrected chi connectivity index (χ0v) is 7.48. The largest absolute Gasteiger partial charge is 0.469 e. The number of hydrogen-bond acceptors (Lipinski definition) is 5. The van der Waals surface area contributed by atoms with Crippen LogP contribution in [0.2, 0.25) is 0 Å². The molecule has 0 saturated heterocycles. The van der Waals surface area contributed by atoms with E-state index in [1.807, 2.05) is 0 Å². The van der Waals surface area contributed by atoms with Crippen LogP contribution in [0, 0.1) is 6.92 Å². The topological polar surface area (TPSA) is 72.6 Å². The number of aromatic nitrogens is 1. The molecule has 0 aromatic carbocycles. The molecule has 0 radical (unpaired) electrons. The summed E-state index contributed by atoms with van der Waals surface area (Å²) in [6.07, 6.45) is 0.403. The fourth-order valence-electron chi connectivity index (χ4n) is 0.978. The number of aryl methyl sites for hydroxylation is 1. The molecule has 0 aliphatic carbocycles. The van der Waals surface area contributed by atoms with E-state index < -0.39 is 12.1 Å². The second kappa shape index (κ2) is 4.04. The first-order chi connectivity index (χ1) is 6.15. The zero-order chi connectivity index (χ0) is 9.84. The minimum atomic E-state index is -0.904. The molecule has 0 saturated carbocycles. The highest BCUT2D eigenvalue weighted by atomic mass is 16.5. The lowest BCUT2D eigenvalue weighted by Crippen LogP contribution is -2.08. The van der Waals surface area contributed by atoms with E-state index in [4.69, 9.17) is 4.52 Å². The summed E-state index contributed by atoms with van der Waals surface area (Å²) in [5, 5.41) is 13.0. The van der Waals surface area contributed by atoms with Gasteiger partial charge in [-0.25, -0.2) is 0 Å². The number of carbonyl (C=O) groups is 1. The molecule has 1 aromatic rings. The maximum absolute atomic E-state index is 10.8. The maximum Gasteiger partial charge on any atom is 0.308 e. The first-order valence-electron chi connectivity index (χ1n) is 3.81. The average Bonchev–Trinajstić information content (AvgIpc) is 2.51. The van der Waals surface area contributed by atoms with Crippen molar-refractivity contribution in [2.24, 2.45) is 0 Å². The van der Waals surface area contributed by atoms with Crippen LogP contribution in [-0.4, -0.2) is 23.3 Å².